The molecule has 0 aliphatic heterocycles. The zero-order valence-corrected chi connectivity index (χ0v) is 10.2. The van der Waals surface area contributed by atoms with Gasteiger partial charge < -0.3 is 10.5 Å². The second kappa shape index (κ2) is 5.32. The van der Waals surface area contributed by atoms with Crippen molar-refractivity contribution in [2.45, 2.75) is 32.1 Å². The van der Waals surface area contributed by atoms with E-state index in [4.69, 9.17) is 10.5 Å². The van der Waals surface area contributed by atoms with E-state index in [2.05, 4.69) is 13.0 Å². The van der Waals surface area contributed by atoms with Crippen molar-refractivity contribution in [1.82, 2.24) is 0 Å². The van der Waals surface area contributed by atoms with Crippen LogP contribution in [0.2, 0.25) is 0 Å². The number of fused-ring (bicyclic) bond motifs is 1. The summed E-state index contributed by atoms with van der Waals surface area (Å²) in [5.41, 5.74) is 9.65. The first-order chi connectivity index (χ1) is 8.27. The zero-order valence-electron chi connectivity index (χ0n) is 10.2. The maximum Gasteiger partial charge on any atom is 0.157 e. The molecule has 1 aliphatic carbocycles. The van der Waals surface area contributed by atoms with Crippen molar-refractivity contribution in [3.05, 3.63) is 28.8 Å². The summed E-state index contributed by atoms with van der Waals surface area (Å²) in [7, 11) is 0. The number of ether oxygens (including phenoxy) is 1. The molecule has 1 atom stereocenters. The van der Waals surface area contributed by atoms with E-state index in [0.717, 1.165) is 31.4 Å². The highest BCUT2D eigenvalue weighted by atomic mass is 16.5. The summed E-state index contributed by atoms with van der Waals surface area (Å²) in [6.45, 7) is 2.93. The summed E-state index contributed by atoms with van der Waals surface area (Å²) in [6.07, 6.45) is 4.13. The minimum atomic E-state index is 0.126. The van der Waals surface area contributed by atoms with Gasteiger partial charge in [-0.25, -0.2) is 0 Å². The second-order valence-corrected chi connectivity index (χ2v) is 4.55. The number of carbonyl (C=O) groups is 1. The van der Waals surface area contributed by atoms with Crippen molar-refractivity contribution in [1.29, 1.82) is 0 Å². The monoisotopic (exact) mass is 233 g/mol. The van der Waals surface area contributed by atoms with Crippen LogP contribution >= 0.6 is 0 Å². The second-order valence-electron chi connectivity index (χ2n) is 4.55. The molecule has 0 fully saturated rings. The number of rotatable bonds is 5. The Hall–Kier alpha value is -1.35. The fourth-order valence-corrected chi connectivity index (χ4v) is 2.80. The Labute approximate surface area is 102 Å². The lowest BCUT2D eigenvalue weighted by Gasteiger charge is -2.16. The zero-order chi connectivity index (χ0) is 12.3. The SMILES string of the molecule is Cc1c(OCC=O)ccc2c1C(CCN)CC2. The van der Waals surface area contributed by atoms with Crippen molar-refractivity contribution >= 4 is 6.29 Å². The molecule has 0 radical (unpaired) electrons. The molecule has 3 nitrogen and oxygen atoms in total. The molecule has 1 unspecified atom stereocenters. The van der Waals surface area contributed by atoms with Gasteiger partial charge in [-0.15, -0.1) is 0 Å². The predicted octanol–water partition coefficient (Wildman–Crippen LogP) is 1.95. The normalized spacial score (nSPS) is 17.9. The number of aldehydes is 1. The minimum absolute atomic E-state index is 0.126. The van der Waals surface area contributed by atoms with Crippen LogP contribution in [-0.4, -0.2) is 19.4 Å². The number of benzene rings is 1. The Kier molecular flexibility index (Phi) is 3.79. The van der Waals surface area contributed by atoms with Gasteiger partial charge in [-0.05, 0) is 61.4 Å². The number of hydrogen-bond acceptors (Lipinski definition) is 3. The van der Waals surface area contributed by atoms with E-state index in [0.29, 0.717) is 5.92 Å². The standard InChI is InChI=1S/C14H19NO2/c1-10-13(17-9-8-16)5-4-11-2-3-12(6-7-15)14(10)11/h4-5,8,12H,2-3,6-7,9,15H2,1H3. The lowest BCUT2D eigenvalue weighted by molar-refractivity contribution is -0.109. The van der Waals surface area contributed by atoms with E-state index in [-0.39, 0.29) is 6.61 Å². The maximum atomic E-state index is 10.3. The Morgan fingerprint density at radius 3 is 3.06 bits per heavy atom. The van der Waals surface area contributed by atoms with Gasteiger partial charge in [-0.3, -0.25) is 4.79 Å². The third-order valence-corrected chi connectivity index (χ3v) is 3.55. The summed E-state index contributed by atoms with van der Waals surface area (Å²) in [5.74, 6) is 1.40. The third-order valence-electron chi connectivity index (χ3n) is 3.55. The molecule has 0 bridgehead atoms. The summed E-state index contributed by atoms with van der Waals surface area (Å²) in [5, 5.41) is 0. The number of nitrogens with two attached hydrogens (primary N) is 1. The average molecular weight is 233 g/mol. The van der Waals surface area contributed by atoms with Gasteiger partial charge in [0.05, 0.1) is 0 Å². The molecule has 1 aromatic carbocycles. The molecule has 0 heterocycles. The van der Waals surface area contributed by atoms with Crippen LogP contribution in [0.15, 0.2) is 12.1 Å². The van der Waals surface area contributed by atoms with Crippen molar-refractivity contribution in [2.75, 3.05) is 13.2 Å². The molecule has 1 aromatic rings. The van der Waals surface area contributed by atoms with E-state index in [1.807, 2.05) is 6.07 Å². The summed E-state index contributed by atoms with van der Waals surface area (Å²) in [6, 6.07) is 4.10. The summed E-state index contributed by atoms with van der Waals surface area (Å²) in [4.78, 5) is 10.3. The first kappa shape index (κ1) is 12.1. The number of aryl methyl sites for hydroxylation is 1. The topological polar surface area (TPSA) is 52.3 Å². The molecular weight excluding hydrogens is 214 g/mol. The van der Waals surface area contributed by atoms with Gasteiger partial charge in [0.25, 0.3) is 0 Å². The molecule has 2 N–H and O–H groups in total. The van der Waals surface area contributed by atoms with E-state index in [9.17, 15) is 4.79 Å². The van der Waals surface area contributed by atoms with E-state index >= 15 is 0 Å². The van der Waals surface area contributed by atoms with Crippen LogP contribution in [0.4, 0.5) is 0 Å². The van der Waals surface area contributed by atoms with Gasteiger partial charge in [0.1, 0.15) is 12.4 Å². The molecule has 0 amide bonds. The number of carbonyl (C=O) groups excluding carboxylic acids is 1. The molecule has 92 valence electrons. The van der Waals surface area contributed by atoms with Gasteiger partial charge in [-0.1, -0.05) is 6.07 Å². The molecule has 3 heteroatoms. The van der Waals surface area contributed by atoms with E-state index in [1.54, 1.807) is 0 Å². The molecule has 2 rings (SSSR count). The lowest BCUT2D eigenvalue weighted by atomic mass is 9.93. The molecule has 0 saturated carbocycles. The van der Waals surface area contributed by atoms with Crippen molar-refractivity contribution in [3.8, 4) is 5.75 Å². The molecule has 17 heavy (non-hydrogen) atoms. The highest BCUT2D eigenvalue weighted by Crippen LogP contribution is 2.40. The van der Waals surface area contributed by atoms with Crippen LogP contribution in [0.3, 0.4) is 0 Å². The predicted molar refractivity (Wildman–Crippen MR) is 67.5 cm³/mol. The van der Waals surface area contributed by atoms with Crippen molar-refractivity contribution in [3.63, 3.8) is 0 Å². The summed E-state index contributed by atoms with van der Waals surface area (Å²) < 4.78 is 5.44. The first-order valence-electron chi connectivity index (χ1n) is 6.16. The van der Waals surface area contributed by atoms with Crippen molar-refractivity contribution < 1.29 is 9.53 Å². The molecule has 0 saturated heterocycles. The smallest absolute Gasteiger partial charge is 0.157 e. The fourth-order valence-electron chi connectivity index (χ4n) is 2.80. The average Bonchev–Trinajstić information content (AvgIpc) is 2.73. The fraction of sp³-hybridized carbons (Fsp3) is 0.500. The third kappa shape index (κ3) is 2.34. The van der Waals surface area contributed by atoms with Crippen LogP contribution in [-0.2, 0) is 11.2 Å². The quantitative estimate of drug-likeness (QED) is 0.791. The molecular formula is C14H19NO2. The van der Waals surface area contributed by atoms with Gasteiger partial charge in [-0.2, -0.15) is 0 Å². The van der Waals surface area contributed by atoms with Gasteiger partial charge in [0, 0.05) is 0 Å². The Morgan fingerprint density at radius 1 is 1.53 bits per heavy atom. The van der Waals surface area contributed by atoms with Crippen molar-refractivity contribution in [2.24, 2.45) is 5.73 Å². The lowest BCUT2D eigenvalue weighted by Crippen LogP contribution is -2.07. The molecule has 0 aromatic heterocycles. The Morgan fingerprint density at radius 2 is 2.35 bits per heavy atom. The first-order valence-corrected chi connectivity index (χ1v) is 6.16. The maximum absolute atomic E-state index is 10.3. The van der Waals surface area contributed by atoms with Crippen LogP contribution in [0.1, 0.15) is 35.4 Å². The van der Waals surface area contributed by atoms with E-state index in [1.165, 1.54) is 23.1 Å². The van der Waals surface area contributed by atoms with Crippen LogP contribution in [0, 0.1) is 6.92 Å². The van der Waals surface area contributed by atoms with E-state index < -0.39 is 0 Å². The highest BCUT2D eigenvalue weighted by Gasteiger charge is 2.25. The van der Waals surface area contributed by atoms with Crippen LogP contribution in [0.5, 0.6) is 5.75 Å². The van der Waals surface area contributed by atoms with Crippen LogP contribution in [0.25, 0.3) is 0 Å². The Bertz CT molecular complexity index is 413. The highest BCUT2D eigenvalue weighted by molar-refractivity contribution is 5.53. The molecule has 0 spiro atoms. The minimum Gasteiger partial charge on any atom is -0.486 e. The number of hydrogen-bond donors (Lipinski definition) is 1. The van der Waals surface area contributed by atoms with Gasteiger partial charge >= 0.3 is 0 Å². The van der Waals surface area contributed by atoms with Crippen LogP contribution < -0.4 is 10.5 Å². The summed E-state index contributed by atoms with van der Waals surface area (Å²) >= 11 is 0. The largest absolute Gasteiger partial charge is 0.486 e. The molecule has 1 aliphatic rings. The Balaban J connectivity index is 2.29. The van der Waals surface area contributed by atoms with Gasteiger partial charge in [0.2, 0.25) is 0 Å². The van der Waals surface area contributed by atoms with Gasteiger partial charge in [0.15, 0.2) is 6.29 Å².